The number of nitrogens with zero attached hydrogens (tertiary/aromatic N) is 2. The van der Waals surface area contributed by atoms with Crippen LogP contribution in [0.4, 0.5) is 18.9 Å². The van der Waals surface area contributed by atoms with Crippen LogP contribution in [0.1, 0.15) is 50.2 Å². The quantitative estimate of drug-likeness (QED) is 0.241. The Hall–Kier alpha value is -3.77. The number of hydrogen-bond donors (Lipinski definition) is 1. The minimum Gasteiger partial charge on any atom is -0.497 e. The van der Waals surface area contributed by atoms with E-state index in [2.05, 4.69) is 5.32 Å². The lowest BCUT2D eigenvalue weighted by Gasteiger charge is -2.34. The minimum atomic E-state index is -4.81. The van der Waals surface area contributed by atoms with Crippen LogP contribution in [0.5, 0.6) is 5.75 Å². The van der Waals surface area contributed by atoms with Crippen molar-refractivity contribution in [1.82, 2.24) is 10.2 Å². The molecule has 0 saturated heterocycles. The summed E-state index contributed by atoms with van der Waals surface area (Å²) in [6.07, 6.45) is -1.04. The van der Waals surface area contributed by atoms with E-state index < -0.39 is 45.9 Å². The summed E-state index contributed by atoms with van der Waals surface area (Å²) in [5.74, 6) is -0.616. The van der Waals surface area contributed by atoms with E-state index in [9.17, 15) is 31.2 Å². The highest BCUT2D eigenvalue weighted by atomic mass is 35.5. The molecule has 0 aliphatic heterocycles. The number of hydrogen-bond acceptors (Lipinski definition) is 5. The number of alkyl halides is 3. The van der Waals surface area contributed by atoms with Crippen molar-refractivity contribution in [2.45, 2.75) is 68.7 Å². The van der Waals surface area contributed by atoms with Crippen molar-refractivity contribution in [3.8, 4) is 5.75 Å². The Morgan fingerprint density at radius 3 is 2.24 bits per heavy atom. The van der Waals surface area contributed by atoms with Crippen LogP contribution in [0.25, 0.3) is 0 Å². The normalized spacial score (nSPS) is 14.5. The number of anilines is 1. The molecule has 0 radical (unpaired) electrons. The number of ether oxygens (including phenoxy) is 1. The molecular formula is C32H35ClF3N3O5S. The number of methoxy groups -OCH3 is 1. The fraction of sp³-hybridized carbons (Fsp3) is 0.375. The summed E-state index contributed by atoms with van der Waals surface area (Å²) in [4.78, 5) is 28.8. The molecule has 13 heteroatoms. The Kier molecular flexibility index (Phi) is 11.0. The van der Waals surface area contributed by atoms with Gasteiger partial charge < -0.3 is 15.0 Å². The molecule has 0 spiro atoms. The first-order chi connectivity index (χ1) is 21.3. The zero-order valence-electron chi connectivity index (χ0n) is 24.9. The van der Waals surface area contributed by atoms with Gasteiger partial charge in [0.1, 0.15) is 18.3 Å². The maximum absolute atomic E-state index is 14.2. The highest BCUT2D eigenvalue weighted by molar-refractivity contribution is 7.92. The average molecular weight is 666 g/mol. The van der Waals surface area contributed by atoms with Crippen LogP contribution < -0.4 is 14.4 Å². The standard InChI is InChI=1S/C32H35ClF3N3O5S/c1-3-28(31(41)37-24-9-7-8-10-24)38(20-22-13-16-25(44-2)17-14-22)30(40)21-39(45(42,43)26-11-5-4-6-12-26)29-19-23(32(34,35)36)15-18-27(29)33/h4-6,11-19,24,28H,3,7-10,20-21H2,1-2H3,(H,37,41). The van der Waals surface area contributed by atoms with Crippen LogP contribution in [0.15, 0.2) is 77.7 Å². The van der Waals surface area contributed by atoms with Gasteiger partial charge in [-0.15, -0.1) is 0 Å². The van der Waals surface area contributed by atoms with Crippen molar-refractivity contribution in [3.05, 3.63) is 88.9 Å². The first-order valence-corrected chi connectivity index (χ1v) is 16.3. The van der Waals surface area contributed by atoms with Crippen LogP contribution >= 0.6 is 11.6 Å². The van der Waals surface area contributed by atoms with Gasteiger partial charge in [-0.1, -0.05) is 61.7 Å². The molecule has 8 nitrogen and oxygen atoms in total. The van der Waals surface area contributed by atoms with Gasteiger partial charge in [0.05, 0.1) is 28.3 Å². The predicted octanol–water partition coefficient (Wildman–Crippen LogP) is 6.43. The lowest BCUT2D eigenvalue weighted by molar-refractivity contribution is -0.140. The largest absolute Gasteiger partial charge is 0.497 e. The van der Waals surface area contributed by atoms with E-state index in [1.807, 2.05) is 0 Å². The van der Waals surface area contributed by atoms with Crippen LogP contribution in [-0.2, 0) is 32.3 Å². The van der Waals surface area contributed by atoms with E-state index in [4.69, 9.17) is 16.3 Å². The van der Waals surface area contributed by atoms with Crippen LogP contribution in [0.3, 0.4) is 0 Å². The number of carbonyl (C=O) groups is 2. The maximum atomic E-state index is 14.2. The predicted molar refractivity (Wildman–Crippen MR) is 165 cm³/mol. The second kappa shape index (κ2) is 14.6. The second-order valence-electron chi connectivity index (χ2n) is 10.8. The zero-order chi connectivity index (χ0) is 32.8. The molecule has 3 aromatic carbocycles. The fourth-order valence-corrected chi connectivity index (χ4v) is 7.04. The van der Waals surface area contributed by atoms with Gasteiger partial charge in [0.15, 0.2) is 0 Å². The van der Waals surface area contributed by atoms with Crippen LogP contribution in [0.2, 0.25) is 5.02 Å². The molecule has 1 N–H and O–H groups in total. The summed E-state index contributed by atoms with van der Waals surface area (Å²) in [5.41, 5.74) is -1.03. The van der Waals surface area contributed by atoms with Crippen molar-refractivity contribution in [2.75, 3.05) is 18.0 Å². The number of sulfonamides is 1. The lowest BCUT2D eigenvalue weighted by Crippen LogP contribution is -2.53. The van der Waals surface area contributed by atoms with Crippen molar-refractivity contribution in [3.63, 3.8) is 0 Å². The third-order valence-electron chi connectivity index (χ3n) is 7.75. The van der Waals surface area contributed by atoms with Gasteiger partial charge in [-0.2, -0.15) is 13.2 Å². The molecule has 3 aromatic rings. The van der Waals surface area contributed by atoms with Gasteiger partial charge in [-0.3, -0.25) is 13.9 Å². The molecule has 4 rings (SSSR count). The number of rotatable bonds is 12. The zero-order valence-corrected chi connectivity index (χ0v) is 26.5. The number of amides is 2. The fourth-order valence-electron chi connectivity index (χ4n) is 5.33. The molecule has 0 bridgehead atoms. The number of benzene rings is 3. The van der Waals surface area contributed by atoms with Gasteiger partial charge in [0.25, 0.3) is 10.0 Å². The molecule has 2 amide bonds. The first kappa shape index (κ1) is 34.1. The molecule has 1 aliphatic rings. The highest BCUT2D eigenvalue weighted by Gasteiger charge is 2.37. The first-order valence-electron chi connectivity index (χ1n) is 14.5. The SMILES string of the molecule is CCC(C(=O)NC1CCCC1)N(Cc1ccc(OC)cc1)C(=O)CN(c1cc(C(F)(F)F)ccc1Cl)S(=O)(=O)c1ccccc1. The number of nitrogens with one attached hydrogen (secondary N) is 1. The third kappa shape index (κ3) is 8.29. The second-order valence-corrected chi connectivity index (χ2v) is 13.0. The summed E-state index contributed by atoms with van der Waals surface area (Å²) in [5, 5.41) is 2.71. The molecule has 45 heavy (non-hydrogen) atoms. The van der Waals surface area contributed by atoms with Crippen molar-refractivity contribution in [1.29, 1.82) is 0 Å². The molecule has 1 aliphatic carbocycles. The Bertz CT molecular complexity index is 1580. The van der Waals surface area contributed by atoms with E-state index in [-0.39, 0.29) is 34.8 Å². The summed E-state index contributed by atoms with van der Waals surface area (Å²) >= 11 is 6.32. The smallest absolute Gasteiger partial charge is 0.416 e. The third-order valence-corrected chi connectivity index (χ3v) is 9.85. The molecule has 1 saturated carbocycles. The molecular weight excluding hydrogens is 631 g/mol. The highest BCUT2D eigenvalue weighted by Crippen LogP contribution is 2.37. The monoisotopic (exact) mass is 665 g/mol. The van der Waals surface area contributed by atoms with Gasteiger partial charge in [-0.05, 0) is 67.3 Å². The number of halogens is 4. The summed E-state index contributed by atoms with van der Waals surface area (Å²) in [7, 11) is -3.10. The Balaban J connectivity index is 1.78. The molecule has 1 unspecified atom stereocenters. The molecule has 1 fully saturated rings. The van der Waals surface area contributed by atoms with E-state index in [0.29, 0.717) is 21.7 Å². The molecule has 0 heterocycles. The summed E-state index contributed by atoms with van der Waals surface area (Å²) in [6, 6.07) is 15.1. The van der Waals surface area contributed by atoms with Gasteiger partial charge in [-0.25, -0.2) is 8.42 Å². The van der Waals surface area contributed by atoms with E-state index in [0.717, 1.165) is 37.8 Å². The maximum Gasteiger partial charge on any atom is 0.416 e. The molecule has 1 atom stereocenters. The van der Waals surface area contributed by atoms with Gasteiger partial charge in [0.2, 0.25) is 11.8 Å². The van der Waals surface area contributed by atoms with Crippen molar-refractivity contribution in [2.24, 2.45) is 0 Å². The lowest BCUT2D eigenvalue weighted by atomic mass is 10.1. The van der Waals surface area contributed by atoms with Gasteiger partial charge in [0, 0.05) is 12.6 Å². The van der Waals surface area contributed by atoms with Crippen molar-refractivity contribution >= 4 is 39.1 Å². The Morgan fingerprint density at radius 1 is 1.02 bits per heavy atom. The van der Waals surface area contributed by atoms with Crippen LogP contribution in [-0.4, -0.2) is 50.9 Å². The number of carbonyl (C=O) groups excluding carboxylic acids is 2. The van der Waals surface area contributed by atoms with E-state index in [1.54, 1.807) is 37.3 Å². The minimum absolute atomic E-state index is 0.0386. The van der Waals surface area contributed by atoms with Crippen molar-refractivity contribution < 1.29 is 35.9 Å². The Labute approximate surface area is 266 Å². The summed E-state index contributed by atoms with van der Waals surface area (Å²) < 4.78 is 74.9. The topological polar surface area (TPSA) is 96.0 Å². The molecule has 242 valence electrons. The molecule has 0 aromatic heterocycles. The van der Waals surface area contributed by atoms with E-state index in [1.165, 1.54) is 36.3 Å². The average Bonchev–Trinajstić information content (AvgIpc) is 3.53. The summed E-state index contributed by atoms with van der Waals surface area (Å²) in [6.45, 7) is 0.742. The van der Waals surface area contributed by atoms with Gasteiger partial charge >= 0.3 is 6.18 Å². The van der Waals surface area contributed by atoms with E-state index >= 15 is 0 Å². The van der Waals surface area contributed by atoms with Crippen LogP contribution in [0, 0.1) is 0 Å². The Morgan fingerprint density at radius 2 is 1.67 bits per heavy atom.